The summed E-state index contributed by atoms with van der Waals surface area (Å²) in [5.74, 6) is -0.289. The molecule has 0 spiro atoms. The fraction of sp³-hybridized carbons (Fsp3) is 0.350. The zero-order valence-electron chi connectivity index (χ0n) is 14.9. The van der Waals surface area contributed by atoms with Gasteiger partial charge in [0.2, 0.25) is 0 Å². The number of benzene rings is 2. The monoisotopic (exact) mass is 390 g/mol. The largest absolute Gasteiger partial charge is 0.338 e. The quantitative estimate of drug-likeness (QED) is 0.785. The maximum atomic E-state index is 12.9. The van der Waals surface area contributed by atoms with Crippen LogP contribution in [-0.2, 0) is 16.3 Å². The number of carbonyl (C=O) groups is 1. The Morgan fingerprint density at radius 2 is 1.63 bits per heavy atom. The summed E-state index contributed by atoms with van der Waals surface area (Å²) < 4.78 is 37.9. The molecule has 1 aliphatic carbocycles. The normalized spacial score (nSPS) is 14.9. The van der Waals surface area contributed by atoms with E-state index in [2.05, 4.69) is 10.6 Å². The SMILES string of the molecule is O=C(NCCc1ccc(F)cc1)Nc1ccc(S(=O)(=O)C2CCCC2)cc1. The van der Waals surface area contributed by atoms with Crippen LogP contribution < -0.4 is 10.6 Å². The average molecular weight is 390 g/mol. The first-order valence-electron chi connectivity index (χ1n) is 9.08. The number of amides is 2. The molecule has 27 heavy (non-hydrogen) atoms. The minimum Gasteiger partial charge on any atom is -0.338 e. The van der Waals surface area contributed by atoms with Gasteiger partial charge in [0.05, 0.1) is 10.1 Å². The average Bonchev–Trinajstić information content (AvgIpc) is 3.19. The number of hydrogen-bond acceptors (Lipinski definition) is 3. The first-order valence-corrected chi connectivity index (χ1v) is 10.6. The van der Waals surface area contributed by atoms with Crippen LogP contribution in [0.4, 0.5) is 14.9 Å². The van der Waals surface area contributed by atoms with Crippen molar-refractivity contribution in [2.24, 2.45) is 0 Å². The zero-order chi connectivity index (χ0) is 19.3. The standard InChI is InChI=1S/C20H23FN2O3S/c21-16-7-5-15(6-8-16)13-14-22-20(24)23-17-9-11-19(12-10-17)27(25,26)18-3-1-2-4-18/h5-12,18H,1-4,13-14H2,(H2,22,23,24). The maximum absolute atomic E-state index is 12.9. The second-order valence-corrected chi connectivity index (χ2v) is 8.96. The van der Waals surface area contributed by atoms with Crippen LogP contribution in [0.15, 0.2) is 53.4 Å². The van der Waals surface area contributed by atoms with Crippen molar-refractivity contribution in [3.05, 3.63) is 59.9 Å². The van der Waals surface area contributed by atoms with Gasteiger partial charge in [0, 0.05) is 12.2 Å². The molecule has 0 saturated heterocycles. The zero-order valence-corrected chi connectivity index (χ0v) is 15.8. The third kappa shape index (κ3) is 5.07. The molecule has 0 aromatic heterocycles. The smallest absolute Gasteiger partial charge is 0.319 e. The Morgan fingerprint density at radius 1 is 1.00 bits per heavy atom. The molecule has 0 atom stereocenters. The van der Waals surface area contributed by atoms with Crippen LogP contribution >= 0.6 is 0 Å². The molecule has 0 radical (unpaired) electrons. The van der Waals surface area contributed by atoms with E-state index in [9.17, 15) is 17.6 Å². The molecular weight excluding hydrogens is 367 g/mol. The van der Waals surface area contributed by atoms with Crippen molar-refractivity contribution in [1.29, 1.82) is 0 Å². The Morgan fingerprint density at radius 3 is 2.26 bits per heavy atom. The summed E-state index contributed by atoms with van der Waals surface area (Å²) in [6.07, 6.45) is 3.95. The minimum atomic E-state index is -3.29. The first-order chi connectivity index (χ1) is 12.9. The van der Waals surface area contributed by atoms with Gasteiger partial charge in [-0.1, -0.05) is 25.0 Å². The molecule has 2 amide bonds. The summed E-state index contributed by atoms with van der Waals surface area (Å²) >= 11 is 0. The molecule has 1 aliphatic rings. The number of nitrogens with one attached hydrogen (secondary N) is 2. The number of sulfone groups is 1. The summed E-state index contributed by atoms with van der Waals surface area (Å²) in [5.41, 5.74) is 1.46. The van der Waals surface area contributed by atoms with E-state index in [1.165, 1.54) is 12.1 Å². The lowest BCUT2D eigenvalue weighted by Gasteiger charge is -2.12. The Bertz CT molecular complexity index is 874. The van der Waals surface area contributed by atoms with Crippen LogP contribution in [0.5, 0.6) is 0 Å². The molecule has 0 unspecified atom stereocenters. The van der Waals surface area contributed by atoms with Crippen LogP contribution in [0, 0.1) is 5.82 Å². The molecule has 144 valence electrons. The second kappa shape index (κ2) is 8.52. The topological polar surface area (TPSA) is 75.3 Å². The van der Waals surface area contributed by atoms with E-state index in [-0.39, 0.29) is 17.1 Å². The fourth-order valence-electron chi connectivity index (χ4n) is 3.27. The predicted octanol–water partition coefficient (Wildman–Crippen LogP) is 3.91. The number of urea groups is 1. The summed E-state index contributed by atoms with van der Waals surface area (Å²) in [7, 11) is -3.29. The van der Waals surface area contributed by atoms with E-state index >= 15 is 0 Å². The number of anilines is 1. The molecule has 0 bridgehead atoms. The highest BCUT2D eigenvalue weighted by molar-refractivity contribution is 7.92. The number of hydrogen-bond donors (Lipinski definition) is 2. The van der Waals surface area contributed by atoms with E-state index in [0.29, 0.717) is 23.5 Å². The van der Waals surface area contributed by atoms with Gasteiger partial charge in [-0.2, -0.15) is 0 Å². The molecule has 1 saturated carbocycles. The lowest BCUT2D eigenvalue weighted by molar-refractivity contribution is 0.252. The predicted molar refractivity (Wildman–Crippen MR) is 103 cm³/mol. The van der Waals surface area contributed by atoms with Gasteiger partial charge in [0.25, 0.3) is 0 Å². The van der Waals surface area contributed by atoms with Crippen molar-refractivity contribution in [2.75, 3.05) is 11.9 Å². The number of halogens is 1. The molecule has 3 rings (SSSR count). The van der Waals surface area contributed by atoms with Crippen molar-refractivity contribution >= 4 is 21.6 Å². The van der Waals surface area contributed by atoms with Crippen LogP contribution in [0.3, 0.4) is 0 Å². The summed E-state index contributed by atoms with van der Waals surface area (Å²) in [6, 6.07) is 12.0. The van der Waals surface area contributed by atoms with Gasteiger partial charge >= 0.3 is 6.03 Å². The Hall–Kier alpha value is -2.41. The van der Waals surface area contributed by atoms with E-state index in [1.807, 2.05) is 0 Å². The number of rotatable bonds is 6. The first kappa shape index (κ1) is 19.4. The van der Waals surface area contributed by atoms with Gasteiger partial charge in [-0.25, -0.2) is 17.6 Å². The summed E-state index contributed by atoms with van der Waals surface area (Å²) in [6.45, 7) is 0.408. The van der Waals surface area contributed by atoms with Crippen LogP contribution in [-0.4, -0.2) is 26.2 Å². The maximum Gasteiger partial charge on any atom is 0.319 e. The van der Waals surface area contributed by atoms with Gasteiger partial charge < -0.3 is 10.6 Å². The number of carbonyl (C=O) groups excluding carboxylic acids is 1. The summed E-state index contributed by atoms with van der Waals surface area (Å²) in [4.78, 5) is 12.2. The van der Waals surface area contributed by atoms with E-state index in [4.69, 9.17) is 0 Å². The van der Waals surface area contributed by atoms with Crippen LogP contribution in [0.25, 0.3) is 0 Å². The van der Waals surface area contributed by atoms with Gasteiger partial charge in [-0.15, -0.1) is 0 Å². The van der Waals surface area contributed by atoms with E-state index in [0.717, 1.165) is 31.2 Å². The molecular formula is C20H23FN2O3S. The highest BCUT2D eigenvalue weighted by atomic mass is 32.2. The highest BCUT2D eigenvalue weighted by Gasteiger charge is 2.30. The molecule has 0 heterocycles. The van der Waals surface area contributed by atoms with Crippen LogP contribution in [0.1, 0.15) is 31.2 Å². The Balaban J connectivity index is 1.50. The molecule has 2 aromatic carbocycles. The van der Waals surface area contributed by atoms with Gasteiger partial charge in [-0.05, 0) is 61.2 Å². The second-order valence-electron chi connectivity index (χ2n) is 6.73. The molecule has 0 aliphatic heterocycles. The lowest BCUT2D eigenvalue weighted by atomic mass is 10.1. The van der Waals surface area contributed by atoms with Crippen molar-refractivity contribution < 1.29 is 17.6 Å². The summed E-state index contributed by atoms with van der Waals surface area (Å²) in [5, 5.41) is 5.12. The van der Waals surface area contributed by atoms with Crippen molar-refractivity contribution in [2.45, 2.75) is 42.2 Å². The van der Waals surface area contributed by atoms with Crippen molar-refractivity contribution in [1.82, 2.24) is 5.32 Å². The lowest BCUT2D eigenvalue weighted by Crippen LogP contribution is -2.30. The molecule has 5 nitrogen and oxygen atoms in total. The Labute approximate surface area is 158 Å². The molecule has 7 heteroatoms. The molecule has 1 fully saturated rings. The third-order valence-corrected chi connectivity index (χ3v) is 7.07. The molecule has 2 N–H and O–H groups in total. The van der Waals surface area contributed by atoms with Gasteiger partial charge in [0.1, 0.15) is 5.82 Å². The fourth-order valence-corrected chi connectivity index (χ4v) is 5.12. The van der Waals surface area contributed by atoms with Gasteiger partial charge in [-0.3, -0.25) is 0 Å². The molecule has 2 aromatic rings. The van der Waals surface area contributed by atoms with Crippen molar-refractivity contribution in [3.63, 3.8) is 0 Å². The van der Waals surface area contributed by atoms with E-state index in [1.54, 1.807) is 36.4 Å². The minimum absolute atomic E-state index is 0.286. The highest BCUT2D eigenvalue weighted by Crippen LogP contribution is 2.30. The third-order valence-electron chi connectivity index (χ3n) is 4.79. The van der Waals surface area contributed by atoms with Crippen molar-refractivity contribution in [3.8, 4) is 0 Å². The van der Waals surface area contributed by atoms with E-state index < -0.39 is 9.84 Å². The van der Waals surface area contributed by atoms with Crippen LogP contribution in [0.2, 0.25) is 0 Å². The Kier molecular flexibility index (Phi) is 6.11. The van der Waals surface area contributed by atoms with Gasteiger partial charge in [0.15, 0.2) is 9.84 Å².